The number of likely N-dealkylation sites (tertiary alicyclic amines) is 1. The molecule has 5 heteroatoms. The Kier molecular flexibility index (Phi) is 3.90. The Hall–Kier alpha value is -1.10. The zero-order valence-corrected chi connectivity index (χ0v) is 11.3. The topological polar surface area (TPSA) is 61.4 Å². The van der Waals surface area contributed by atoms with E-state index in [9.17, 15) is 9.59 Å². The number of hydrogen-bond acceptors (Lipinski definition) is 3. The minimum absolute atomic E-state index is 0.0420. The first-order chi connectivity index (χ1) is 8.55. The molecule has 0 bridgehead atoms. The van der Waals surface area contributed by atoms with Crippen LogP contribution in [-0.4, -0.2) is 49.9 Å². The summed E-state index contributed by atoms with van der Waals surface area (Å²) < 4.78 is 0. The second-order valence-electron chi connectivity index (χ2n) is 5.77. The molecule has 5 nitrogen and oxygen atoms in total. The predicted molar refractivity (Wildman–Crippen MR) is 69.0 cm³/mol. The number of hydrogen-bond donors (Lipinski definition) is 2. The highest BCUT2D eigenvalue weighted by Crippen LogP contribution is 2.31. The highest BCUT2D eigenvalue weighted by molar-refractivity contribution is 5.84. The van der Waals surface area contributed by atoms with Gasteiger partial charge in [-0.15, -0.1) is 0 Å². The first-order valence-electron chi connectivity index (χ1n) is 6.76. The maximum atomic E-state index is 12.2. The van der Waals surface area contributed by atoms with Crippen LogP contribution in [0.25, 0.3) is 0 Å². The van der Waals surface area contributed by atoms with Crippen molar-refractivity contribution in [3.8, 4) is 0 Å². The van der Waals surface area contributed by atoms with E-state index < -0.39 is 5.41 Å². The molecule has 0 aromatic heterocycles. The molecule has 2 N–H and O–H groups in total. The maximum Gasteiger partial charge on any atom is 0.227 e. The standard InChI is InChI=1S/C13H23N3O2/c1-13(12(18)14-2)4-6-16(9-13)11(17)7-10-3-5-15-8-10/h10,15H,3-9H2,1-2H3,(H,14,18). The van der Waals surface area contributed by atoms with Gasteiger partial charge in [0.05, 0.1) is 5.41 Å². The number of nitrogens with one attached hydrogen (secondary N) is 2. The number of carbonyl (C=O) groups is 2. The molecule has 2 aliphatic heterocycles. The van der Waals surface area contributed by atoms with Crippen molar-refractivity contribution in [1.82, 2.24) is 15.5 Å². The van der Waals surface area contributed by atoms with E-state index in [0.717, 1.165) is 25.9 Å². The molecule has 0 spiro atoms. The van der Waals surface area contributed by atoms with Crippen LogP contribution in [0.1, 0.15) is 26.2 Å². The average molecular weight is 253 g/mol. The normalized spacial score (nSPS) is 31.7. The van der Waals surface area contributed by atoms with Gasteiger partial charge in [-0.05, 0) is 38.8 Å². The van der Waals surface area contributed by atoms with Crippen molar-refractivity contribution in [2.45, 2.75) is 26.2 Å². The SMILES string of the molecule is CNC(=O)C1(C)CCN(C(=O)CC2CCNC2)C1. The smallest absolute Gasteiger partial charge is 0.227 e. The van der Waals surface area contributed by atoms with Crippen molar-refractivity contribution in [3.63, 3.8) is 0 Å². The fourth-order valence-corrected chi connectivity index (χ4v) is 2.93. The van der Waals surface area contributed by atoms with E-state index in [1.54, 1.807) is 7.05 Å². The molecule has 2 amide bonds. The van der Waals surface area contributed by atoms with Gasteiger partial charge in [-0.3, -0.25) is 9.59 Å². The van der Waals surface area contributed by atoms with Crippen LogP contribution in [0.4, 0.5) is 0 Å². The highest BCUT2D eigenvalue weighted by Gasteiger charge is 2.41. The van der Waals surface area contributed by atoms with Crippen LogP contribution in [0, 0.1) is 11.3 Å². The van der Waals surface area contributed by atoms with E-state index in [-0.39, 0.29) is 11.8 Å². The fraction of sp³-hybridized carbons (Fsp3) is 0.846. The number of rotatable bonds is 3. The van der Waals surface area contributed by atoms with Crippen LogP contribution < -0.4 is 10.6 Å². The van der Waals surface area contributed by atoms with Crippen molar-refractivity contribution in [2.24, 2.45) is 11.3 Å². The van der Waals surface area contributed by atoms with Crippen molar-refractivity contribution >= 4 is 11.8 Å². The van der Waals surface area contributed by atoms with Gasteiger partial charge in [0.1, 0.15) is 0 Å². The predicted octanol–water partition coefficient (Wildman–Crippen LogP) is -0.0294. The monoisotopic (exact) mass is 253 g/mol. The van der Waals surface area contributed by atoms with Gasteiger partial charge in [-0.25, -0.2) is 0 Å². The zero-order chi connectivity index (χ0) is 13.2. The average Bonchev–Trinajstić information content (AvgIpc) is 2.98. The van der Waals surface area contributed by atoms with Gasteiger partial charge in [0, 0.05) is 26.6 Å². The second-order valence-corrected chi connectivity index (χ2v) is 5.77. The highest BCUT2D eigenvalue weighted by atomic mass is 16.2. The summed E-state index contributed by atoms with van der Waals surface area (Å²) in [6.07, 6.45) is 2.48. The first kappa shape index (κ1) is 13.3. The van der Waals surface area contributed by atoms with Crippen molar-refractivity contribution in [3.05, 3.63) is 0 Å². The lowest BCUT2D eigenvalue weighted by molar-refractivity contribution is -0.133. The third-order valence-corrected chi connectivity index (χ3v) is 4.23. The van der Waals surface area contributed by atoms with E-state index in [0.29, 0.717) is 25.4 Å². The van der Waals surface area contributed by atoms with Gasteiger partial charge in [0.25, 0.3) is 0 Å². The summed E-state index contributed by atoms with van der Waals surface area (Å²) in [6, 6.07) is 0. The summed E-state index contributed by atoms with van der Waals surface area (Å²) in [5.74, 6) is 0.723. The maximum absolute atomic E-state index is 12.2. The van der Waals surface area contributed by atoms with Gasteiger partial charge in [-0.2, -0.15) is 0 Å². The van der Waals surface area contributed by atoms with Crippen LogP contribution >= 0.6 is 0 Å². The quantitative estimate of drug-likeness (QED) is 0.742. The minimum Gasteiger partial charge on any atom is -0.359 e. The molecule has 0 aromatic carbocycles. The van der Waals surface area contributed by atoms with E-state index in [4.69, 9.17) is 0 Å². The zero-order valence-electron chi connectivity index (χ0n) is 11.3. The lowest BCUT2D eigenvalue weighted by atomic mass is 9.89. The van der Waals surface area contributed by atoms with Gasteiger partial charge < -0.3 is 15.5 Å². The van der Waals surface area contributed by atoms with Crippen LogP contribution in [0.5, 0.6) is 0 Å². The van der Waals surface area contributed by atoms with Crippen molar-refractivity contribution < 1.29 is 9.59 Å². The lowest BCUT2D eigenvalue weighted by Crippen LogP contribution is -2.40. The van der Waals surface area contributed by atoms with Crippen LogP contribution in [0.3, 0.4) is 0 Å². The Balaban J connectivity index is 1.87. The molecule has 18 heavy (non-hydrogen) atoms. The summed E-state index contributed by atoms with van der Waals surface area (Å²) in [4.78, 5) is 25.8. The number of nitrogens with zero attached hydrogens (tertiary/aromatic N) is 1. The Labute approximate surface area is 108 Å². The van der Waals surface area contributed by atoms with E-state index >= 15 is 0 Å². The first-order valence-corrected chi connectivity index (χ1v) is 6.76. The van der Waals surface area contributed by atoms with Gasteiger partial charge in [-0.1, -0.05) is 0 Å². The Morgan fingerprint density at radius 1 is 1.50 bits per heavy atom. The molecule has 0 aliphatic carbocycles. The second kappa shape index (κ2) is 5.26. The third-order valence-electron chi connectivity index (χ3n) is 4.23. The van der Waals surface area contributed by atoms with E-state index in [1.165, 1.54) is 0 Å². The summed E-state index contributed by atoms with van der Waals surface area (Å²) in [5, 5.41) is 5.97. The lowest BCUT2D eigenvalue weighted by Gasteiger charge is -2.23. The summed E-state index contributed by atoms with van der Waals surface area (Å²) in [7, 11) is 1.66. The molecule has 2 saturated heterocycles. The van der Waals surface area contributed by atoms with Crippen molar-refractivity contribution in [2.75, 3.05) is 33.2 Å². The van der Waals surface area contributed by atoms with Gasteiger partial charge in [0.2, 0.25) is 11.8 Å². The van der Waals surface area contributed by atoms with Gasteiger partial charge in [0.15, 0.2) is 0 Å². The summed E-state index contributed by atoms with van der Waals surface area (Å²) in [6.45, 7) is 5.19. The van der Waals surface area contributed by atoms with E-state index in [2.05, 4.69) is 10.6 Å². The Bertz CT molecular complexity index is 339. The Morgan fingerprint density at radius 3 is 2.89 bits per heavy atom. The molecule has 2 fully saturated rings. The van der Waals surface area contributed by atoms with E-state index in [1.807, 2.05) is 11.8 Å². The molecule has 0 saturated carbocycles. The number of carbonyl (C=O) groups excluding carboxylic acids is 2. The fourth-order valence-electron chi connectivity index (χ4n) is 2.93. The van der Waals surface area contributed by atoms with Crippen LogP contribution in [0.2, 0.25) is 0 Å². The molecular formula is C13H23N3O2. The molecular weight excluding hydrogens is 230 g/mol. The summed E-state index contributed by atoms with van der Waals surface area (Å²) >= 11 is 0. The molecule has 0 aromatic rings. The molecule has 102 valence electrons. The number of amides is 2. The molecule has 2 aliphatic rings. The van der Waals surface area contributed by atoms with Gasteiger partial charge >= 0.3 is 0 Å². The van der Waals surface area contributed by atoms with Crippen LogP contribution in [0.15, 0.2) is 0 Å². The van der Waals surface area contributed by atoms with Crippen molar-refractivity contribution in [1.29, 1.82) is 0 Å². The summed E-state index contributed by atoms with van der Waals surface area (Å²) in [5.41, 5.74) is -0.404. The molecule has 0 radical (unpaired) electrons. The Morgan fingerprint density at radius 2 is 2.28 bits per heavy atom. The molecule has 2 atom stereocenters. The minimum atomic E-state index is -0.404. The largest absolute Gasteiger partial charge is 0.359 e. The van der Waals surface area contributed by atoms with Crippen LogP contribution in [-0.2, 0) is 9.59 Å². The molecule has 2 rings (SSSR count). The third kappa shape index (κ3) is 2.66. The molecule has 2 unspecified atom stereocenters. The molecule has 2 heterocycles.